The number of rotatable bonds is 6. The summed E-state index contributed by atoms with van der Waals surface area (Å²) in [5, 5.41) is 11.5. The van der Waals surface area contributed by atoms with E-state index in [0.29, 0.717) is 5.56 Å². The van der Waals surface area contributed by atoms with E-state index >= 15 is 0 Å². The van der Waals surface area contributed by atoms with Gasteiger partial charge in [-0.1, -0.05) is 29.8 Å². The second-order valence-corrected chi connectivity index (χ2v) is 7.43. The summed E-state index contributed by atoms with van der Waals surface area (Å²) in [6.07, 6.45) is 0. The third-order valence-corrected chi connectivity index (χ3v) is 5.85. The predicted octanol–water partition coefficient (Wildman–Crippen LogP) is 2.92. The summed E-state index contributed by atoms with van der Waals surface area (Å²) in [7, 11) is -3.33. The van der Waals surface area contributed by atoms with Crippen molar-refractivity contribution in [3.05, 3.63) is 63.2 Å². The van der Waals surface area contributed by atoms with Crippen molar-refractivity contribution in [3.8, 4) is 0 Å². The number of ether oxygens (including phenoxy) is 1. The molecular weight excluding hydrogens is 384 g/mol. The largest absolute Gasteiger partial charge is 0.468 e. The molecule has 8 nitrogen and oxygen atoms in total. The summed E-state index contributed by atoms with van der Waals surface area (Å²) in [5.74, 6) is -0.827. The van der Waals surface area contributed by atoms with Crippen LogP contribution in [0.15, 0.2) is 47.4 Å². The van der Waals surface area contributed by atoms with Gasteiger partial charge in [-0.3, -0.25) is 19.2 Å². The number of benzene rings is 2. The standard InChI is InChI=1S/C16H15ClN2O6S/c1-11-12(17)6-5-8-13(11)18(10-16(20)25-2)26(23,24)15-9-4-3-7-14(15)19(21)22/h3-9H,10H2,1-2H3. The lowest BCUT2D eigenvalue weighted by Gasteiger charge is -2.25. The number of hydrogen-bond acceptors (Lipinski definition) is 6. The Morgan fingerprint density at radius 2 is 1.88 bits per heavy atom. The molecule has 0 aliphatic carbocycles. The van der Waals surface area contributed by atoms with Gasteiger partial charge < -0.3 is 4.74 Å². The van der Waals surface area contributed by atoms with Crippen LogP contribution in [0.4, 0.5) is 11.4 Å². The summed E-state index contributed by atoms with van der Waals surface area (Å²) in [6.45, 7) is 0.920. The van der Waals surface area contributed by atoms with Crippen LogP contribution in [0.5, 0.6) is 0 Å². The van der Waals surface area contributed by atoms with Crippen molar-refractivity contribution in [2.24, 2.45) is 0 Å². The van der Waals surface area contributed by atoms with Gasteiger partial charge in [0.15, 0.2) is 4.90 Å². The first-order chi connectivity index (χ1) is 12.2. The summed E-state index contributed by atoms with van der Waals surface area (Å²) >= 11 is 6.06. The molecule has 0 radical (unpaired) electrons. The molecule has 0 fully saturated rings. The van der Waals surface area contributed by atoms with Crippen molar-refractivity contribution < 1.29 is 22.9 Å². The van der Waals surface area contributed by atoms with Crippen molar-refractivity contribution in [3.63, 3.8) is 0 Å². The van der Waals surface area contributed by atoms with Crippen LogP contribution in [0.25, 0.3) is 0 Å². The van der Waals surface area contributed by atoms with Gasteiger partial charge in [-0.15, -0.1) is 0 Å². The van der Waals surface area contributed by atoms with E-state index in [9.17, 15) is 23.3 Å². The number of carbonyl (C=O) groups is 1. The number of para-hydroxylation sites is 1. The molecule has 0 bridgehead atoms. The van der Waals surface area contributed by atoms with Crippen molar-refractivity contribution in [1.82, 2.24) is 0 Å². The summed E-state index contributed by atoms with van der Waals surface area (Å²) < 4.78 is 31.6. The Hall–Kier alpha value is -2.65. The SMILES string of the molecule is COC(=O)CN(c1cccc(Cl)c1C)S(=O)(=O)c1ccccc1[N+](=O)[O-]. The molecule has 0 aromatic heterocycles. The third kappa shape index (κ3) is 3.78. The van der Waals surface area contributed by atoms with Gasteiger partial charge in [0.25, 0.3) is 15.7 Å². The van der Waals surface area contributed by atoms with Gasteiger partial charge in [-0.05, 0) is 30.7 Å². The summed E-state index contributed by atoms with van der Waals surface area (Å²) in [5.41, 5.74) is -0.0664. The van der Waals surface area contributed by atoms with Crippen molar-refractivity contribution >= 4 is 39.0 Å². The number of nitro groups is 1. The summed E-state index contributed by atoms with van der Waals surface area (Å²) in [4.78, 5) is 21.7. The Kier molecular flexibility index (Phi) is 5.83. The Labute approximate surface area is 155 Å². The molecule has 0 heterocycles. The van der Waals surface area contributed by atoms with Crippen LogP contribution in [-0.4, -0.2) is 33.0 Å². The van der Waals surface area contributed by atoms with Crippen LogP contribution >= 0.6 is 11.6 Å². The first-order valence-electron chi connectivity index (χ1n) is 7.28. The second kappa shape index (κ2) is 7.71. The number of halogens is 1. The number of sulfonamides is 1. The topological polar surface area (TPSA) is 107 Å². The Bertz CT molecular complexity index is 961. The molecule has 10 heteroatoms. The smallest absolute Gasteiger partial charge is 0.326 e. The predicted molar refractivity (Wildman–Crippen MR) is 95.8 cm³/mol. The molecule has 0 aliphatic rings. The highest BCUT2D eigenvalue weighted by Crippen LogP contribution is 2.33. The number of esters is 1. The van der Waals surface area contributed by atoms with E-state index in [4.69, 9.17) is 11.6 Å². The fourth-order valence-corrected chi connectivity index (χ4v) is 4.09. The molecule has 2 aromatic rings. The first-order valence-corrected chi connectivity index (χ1v) is 9.10. The first kappa shape index (κ1) is 19.7. The van der Waals surface area contributed by atoms with Gasteiger partial charge in [0.1, 0.15) is 6.54 Å². The van der Waals surface area contributed by atoms with Crippen molar-refractivity contribution in [2.75, 3.05) is 18.0 Å². The van der Waals surface area contributed by atoms with Crippen molar-refractivity contribution in [1.29, 1.82) is 0 Å². The van der Waals surface area contributed by atoms with Crippen LogP contribution in [0.2, 0.25) is 5.02 Å². The van der Waals surface area contributed by atoms with E-state index in [0.717, 1.165) is 23.5 Å². The maximum Gasteiger partial charge on any atom is 0.326 e. The highest BCUT2D eigenvalue weighted by molar-refractivity contribution is 7.93. The molecule has 0 spiro atoms. The highest BCUT2D eigenvalue weighted by atomic mass is 35.5. The third-order valence-electron chi connectivity index (χ3n) is 3.64. The molecule has 0 saturated heterocycles. The fourth-order valence-electron chi connectivity index (χ4n) is 2.29. The van der Waals surface area contributed by atoms with Crippen molar-refractivity contribution in [2.45, 2.75) is 11.8 Å². The summed E-state index contributed by atoms with van der Waals surface area (Å²) in [6, 6.07) is 9.44. The molecule has 138 valence electrons. The van der Waals surface area contributed by atoms with Gasteiger partial charge in [0, 0.05) is 11.1 Å². The number of carbonyl (C=O) groups excluding carboxylic acids is 1. The zero-order valence-electron chi connectivity index (χ0n) is 13.9. The van der Waals surface area contributed by atoms with Gasteiger partial charge in [-0.25, -0.2) is 8.42 Å². The fraction of sp³-hybridized carbons (Fsp3) is 0.188. The molecule has 0 atom stereocenters. The second-order valence-electron chi connectivity index (χ2n) is 5.20. The zero-order valence-corrected chi connectivity index (χ0v) is 15.5. The molecule has 0 N–H and O–H groups in total. The minimum absolute atomic E-state index is 0.126. The monoisotopic (exact) mass is 398 g/mol. The molecular formula is C16H15ClN2O6S. The minimum atomic E-state index is -4.44. The number of hydrogen-bond donors (Lipinski definition) is 0. The van der Waals surface area contributed by atoms with Gasteiger partial charge >= 0.3 is 5.97 Å². The van der Waals surface area contributed by atoms with Crippen LogP contribution in [0.3, 0.4) is 0 Å². The Morgan fingerprint density at radius 1 is 1.23 bits per heavy atom. The number of nitrogens with zero attached hydrogens (tertiary/aromatic N) is 2. The van der Waals surface area contributed by atoms with Gasteiger partial charge in [0.05, 0.1) is 17.7 Å². The lowest BCUT2D eigenvalue weighted by molar-refractivity contribution is -0.387. The van der Waals surface area contributed by atoms with Gasteiger partial charge in [0.2, 0.25) is 0 Å². The van der Waals surface area contributed by atoms with Crippen LogP contribution in [-0.2, 0) is 19.6 Å². The lowest BCUT2D eigenvalue weighted by atomic mass is 10.2. The Balaban J connectivity index is 2.71. The molecule has 0 amide bonds. The average molecular weight is 399 g/mol. The van der Waals surface area contributed by atoms with E-state index in [-0.39, 0.29) is 10.7 Å². The number of anilines is 1. The molecule has 0 unspecified atom stereocenters. The number of methoxy groups -OCH3 is 1. The van der Waals surface area contributed by atoms with Crippen LogP contribution in [0, 0.1) is 17.0 Å². The lowest BCUT2D eigenvalue weighted by Crippen LogP contribution is -2.37. The van der Waals surface area contributed by atoms with E-state index in [2.05, 4.69) is 4.74 Å². The quantitative estimate of drug-likeness (QED) is 0.420. The molecule has 2 aromatic carbocycles. The normalized spacial score (nSPS) is 11.0. The molecule has 0 saturated carbocycles. The molecule has 2 rings (SSSR count). The van der Waals surface area contributed by atoms with E-state index < -0.39 is 38.0 Å². The Morgan fingerprint density at radius 3 is 2.50 bits per heavy atom. The van der Waals surface area contributed by atoms with Crippen LogP contribution < -0.4 is 4.31 Å². The number of nitro benzene ring substituents is 1. The minimum Gasteiger partial charge on any atom is -0.468 e. The maximum atomic E-state index is 13.1. The van der Waals surface area contributed by atoms with Gasteiger partial charge in [-0.2, -0.15) is 0 Å². The molecule has 0 aliphatic heterocycles. The highest BCUT2D eigenvalue weighted by Gasteiger charge is 2.34. The average Bonchev–Trinajstić information content (AvgIpc) is 2.62. The van der Waals surface area contributed by atoms with E-state index in [1.807, 2.05) is 0 Å². The molecule has 26 heavy (non-hydrogen) atoms. The van der Waals surface area contributed by atoms with E-state index in [1.54, 1.807) is 13.0 Å². The van der Waals surface area contributed by atoms with Crippen LogP contribution in [0.1, 0.15) is 5.56 Å². The zero-order chi connectivity index (χ0) is 19.5. The maximum absolute atomic E-state index is 13.1. The van der Waals surface area contributed by atoms with E-state index in [1.165, 1.54) is 24.3 Å².